The maximum absolute atomic E-state index is 15.0. The number of hydrazine groups is 1. The van der Waals surface area contributed by atoms with Gasteiger partial charge in [-0.05, 0) is 59.3 Å². The number of hydrogen-bond donors (Lipinski definition) is 3. The molecule has 2 aromatic carbocycles. The molecule has 0 fully saturated rings. The van der Waals surface area contributed by atoms with E-state index in [1.807, 2.05) is 25.1 Å². The number of nitrogen functional groups attached to an aromatic ring is 1. The van der Waals surface area contributed by atoms with E-state index in [2.05, 4.69) is 38.3 Å². The molecule has 0 atom stereocenters. The third kappa shape index (κ3) is 2.82. The van der Waals surface area contributed by atoms with Gasteiger partial charge in [0.15, 0.2) is 5.82 Å². The number of carbonyl (C=O) groups excluding carboxylic acids is 1. The van der Waals surface area contributed by atoms with Crippen molar-refractivity contribution in [2.45, 2.75) is 6.92 Å². The van der Waals surface area contributed by atoms with Gasteiger partial charge in [0.05, 0.1) is 23.1 Å². The lowest BCUT2D eigenvalue weighted by atomic mass is 10.1. The number of benzene rings is 2. The summed E-state index contributed by atoms with van der Waals surface area (Å²) >= 11 is 2.20. The number of carbonyl (C=O) groups is 1. The summed E-state index contributed by atoms with van der Waals surface area (Å²) in [6.07, 6.45) is 1.50. The molecule has 24 heavy (non-hydrogen) atoms. The van der Waals surface area contributed by atoms with Crippen LogP contribution in [-0.4, -0.2) is 15.5 Å². The average molecular weight is 439 g/mol. The van der Waals surface area contributed by atoms with Crippen molar-refractivity contribution in [3.63, 3.8) is 0 Å². The van der Waals surface area contributed by atoms with Crippen molar-refractivity contribution in [2.24, 2.45) is 12.9 Å². The molecule has 0 aliphatic carbocycles. The number of fused-ring (bicyclic) bond motifs is 1. The van der Waals surface area contributed by atoms with Crippen LogP contribution in [0.3, 0.4) is 0 Å². The van der Waals surface area contributed by atoms with E-state index in [0.717, 1.165) is 9.13 Å². The molecule has 1 aromatic heterocycles. The highest BCUT2D eigenvalue weighted by Gasteiger charge is 2.21. The molecule has 1 heterocycles. The first-order valence-electron chi connectivity index (χ1n) is 7.10. The van der Waals surface area contributed by atoms with Crippen LogP contribution in [0.5, 0.6) is 0 Å². The van der Waals surface area contributed by atoms with E-state index in [-0.39, 0.29) is 16.8 Å². The van der Waals surface area contributed by atoms with E-state index < -0.39 is 11.7 Å². The molecule has 0 aliphatic rings. The number of nitrogens with two attached hydrogens (primary N) is 1. The van der Waals surface area contributed by atoms with Gasteiger partial charge in [-0.2, -0.15) is 0 Å². The van der Waals surface area contributed by atoms with Crippen LogP contribution >= 0.6 is 22.6 Å². The Balaban J connectivity index is 2.21. The van der Waals surface area contributed by atoms with Crippen LogP contribution in [0.2, 0.25) is 0 Å². The van der Waals surface area contributed by atoms with Gasteiger partial charge >= 0.3 is 0 Å². The maximum Gasteiger partial charge on any atom is 0.267 e. The molecule has 0 bridgehead atoms. The lowest BCUT2D eigenvalue weighted by Crippen LogP contribution is -2.30. The summed E-state index contributed by atoms with van der Waals surface area (Å²) in [5.41, 5.74) is 4.56. The van der Waals surface area contributed by atoms with Crippen LogP contribution in [0.25, 0.3) is 11.0 Å². The van der Waals surface area contributed by atoms with Gasteiger partial charge in [-0.15, -0.1) is 0 Å². The number of nitrogens with zero attached hydrogens (tertiary/aromatic N) is 2. The Bertz CT molecular complexity index is 953. The molecule has 3 rings (SSSR count). The number of hydrogen-bond acceptors (Lipinski definition) is 4. The smallest absolute Gasteiger partial charge is 0.267 e. The lowest BCUT2D eigenvalue weighted by Gasteiger charge is -2.15. The van der Waals surface area contributed by atoms with Gasteiger partial charge in [0.2, 0.25) is 0 Å². The zero-order chi connectivity index (χ0) is 17.4. The Kier molecular flexibility index (Phi) is 4.41. The van der Waals surface area contributed by atoms with E-state index in [1.165, 1.54) is 6.33 Å². The minimum Gasteiger partial charge on any atom is -0.352 e. The summed E-state index contributed by atoms with van der Waals surface area (Å²) in [4.78, 5) is 16.2. The molecule has 1 amide bonds. The molecule has 0 radical (unpaired) electrons. The summed E-state index contributed by atoms with van der Waals surface area (Å²) in [5.74, 6) is 4.08. The predicted molar refractivity (Wildman–Crippen MR) is 99.5 cm³/mol. The van der Waals surface area contributed by atoms with Crippen LogP contribution in [0, 0.1) is 16.3 Å². The first kappa shape index (κ1) is 16.7. The maximum atomic E-state index is 15.0. The Morgan fingerprint density at radius 2 is 2.12 bits per heavy atom. The number of imidazole rings is 1. The zero-order valence-electron chi connectivity index (χ0n) is 13.0. The summed E-state index contributed by atoms with van der Waals surface area (Å²) in [6, 6.07) is 7.26. The number of nitrogens with one attached hydrogen (secondary N) is 2. The Hall–Kier alpha value is -2.20. The van der Waals surface area contributed by atoms with Crippen molar-refractivity contribution in [3.05, 3.63) is 51.1 Å². The van der Waals surface area contributed by atoms with Crippen LogP contribution < -0.4 is 16.6 Å². The molecule has 6 nitrogen and oxygen atoms in total. The van der Waals surface area contributed by atoms with E-state index >= 15 is 0 Å². The summed E-state index contributed by atoms with van der Waals surface area (Å²) in [6.45, 7) is 1.91. The molecular formula is C16H15FIN5O. The summed E-state index contributed by atoms with van der Waals surface area (Å²) in [7, 11) is 1.73. The third-order valence-electron chi connectivity index (χ3n) is 3.78. The van der Waals surface area contributed by atoms with E-state index in [9.17, 15) is 9.18 Å². The molecule has 8 heteroatoms. The highest BCUT2D eigenvalue weighted by Crippen LogP contribution is 2.31. The fraction of sp³-hybridized carbons (Fsp3) is 0.125. The highest BCUT2D eigenvalue weighted by atomic mass is 127. The van der Waals surface area contributed by atoms with E-state index in [0.29, 0.717) is 11.2 Å². The Labute approximate surface area is 151 Å². The molecule has 0 saturated heterocycles. The molecule has 4 N–H and O–H groups in total. The number of rotatable bonds is 3. The largest absolute Gasteiger partial charge is 0.352 e. The average Bonchev–Trinajstić information content (AvgIpc) is 2.92. The number of aryl methyl sites for hydroxylation is 2. The summed E-state index contributed by atoms with van der Waals surface area (Å²) in [5, 5.41) is 3.01. The number of aromatic nitrogens is 2. The second kappa shape index (κ2) is 6.36. The SMILES string of the molecule is Cc1cc(I)ccc1Nc1c(C(=O)NN)cc2c(ncn2C)c1F. The highest BCUT2D eigenvalue weighted by molar-refractivity contribution is 14.1. The van der Waals surface area contributed by atoms with Crippen molar-refractivity contribution in [2.75, 3.05) is 5.32 Å². The molecule has 124 valence electrons. The van der Waals surface area contributed by atoms with Gasteiger partial charge in [0, 0.05) is 16.3 Å². The van der Waals surface area contributed by atoms with Crippen LogP contribution in [-0.2, 0) is 7.05 Å². The minimum atomic E-state index is -0.593. The van der Waals surface area contributed by atoms with E-state index in [4.69, 9.17) is 5.84 Å². The van der Waals surface area contributed by atoms with Crippen LogP contribution in [0.1, 0.15) is 15.9 Å². The van der Waals surface area contributed by atoms with Gasteiger partial charge in [-0.3, -0.25) is 10.2 Å². The molecule has 0 spiro atoms. The zero-order valence-corrected chi connectivity index (χ0v) is 15.2. The fourth-order valence-electron chi connectivity index (χ4n) is 2.51. The first-order chi connectivity index (χ1) is 11.4. The topological polar surface area (TPSA) is 85.0 Å². The van der Waals surface area contributed by atoms with Crippen molar-refractivity contribution in [3.8, 4) is 0 Å². The first-order valence-corrected chi connectivity index (χ1v) is 8.18. The Morgan fingerprint density at radius 1 is 1.38 bits per heavy atom. The molecule has 0 saturated carbocycles. The molecule has 3 aromatic rings. The van der Waals surface area contributed by atoms with Crippen molar-refractivity contribution >= 4 is 50.9 Å². The second-order valence-electron chi connectivity index (χ2n) is 5.39. The second-order valence-corrected chi connectivity index (χ2v) is 6.64. The minimum absolute atomic E-state index is 0.0495. The van der Waals surface area contributed by atoms with Gasteiger partial charge in [0.25, 0.3) is 5.91 Å². The molecule has 0 aliphatic heterocycles. The standard InChI is InChI=1S/C16H15FIN5O/c1-8-5-9(18)3-4-11(8)21-14-10(16(24)22-19)6-12-15(13(14)17)20-7-23(12)2/h3-7,21H,19H2,1-2H3,(H,22,24). The fourth-order valence-corrected chi connectivity index (χ4v) is 3.15. The lowest BCUT2D eigenvalue weighted by molar-refractivity contribution is 0.0954. The van der Waals surface area contributed by atoms with Gasteiger partial charge in [-0.1, -0.05) is 0 Å². The molecule has 0 unspecified atom stereocenters. The Morgan fingerprint density at radius 3 is 2.79 bits per heavy atom. The van der Waals surface area contributed by atoms with Crippen molar-refractivity contribution < 1.29 is 9.18 Å². The number of amides is 1. The molecular weight excluding hydrogens is 424 g/mol. The number of halogens is 2. The van der Waals surface area contributed by atoms with Gasteiger partial charge in [0.1, 0.15) is 5.52 Å². The number of anilines is 2. The third-order valence-corrected chi connectivity index (χ3v) is 4.46. The quantitative estimate of drug-likeness (QED) is 0.254. The van der Waals surface area contributed by atoms with E-state index in [1.54, 1.807) is 17.7 Å². The normalized spacial score (nSPS) is 10.9. The van der Waals surface area contributed by atoms with Gasteiger partial charge < -0.3 is 9.88 Å². The monoisotopic (exact) mass is 439 g/mol. The van der Waals surface area contributed by atoms with Crippen molar-refractivity contribution in [1.82, 2.24) is 15.0 Å². The van der Waals surface area contributed by atoms with Crippen molar-refractivity contribution in [1.29, 1.82) is 0 Å². The van der Waals surface area contributed by atoms with Gasteiger partial charge in [-0.25, -0.2) is 15.2 Å². The van der Waals surface area contributed by atoms with Crippen LogP contribution in [0.4, 0.5) is 15.8 Å². The summed E-state index contributed by atoms with van der Waals surface area (Å²) < 4.78 is 17.7. The predicted octanol–water partition coefficient (Wildman–Crippen LogP) is 2.97. The van der Waals surface area contributed by atoms with Crippen LogP contribution in [0.15, 0.2) is 30.6 Å².